The molecule has 0 aromatic heterocycles. The first-order valence-electron chi connectivity index (χ1n) is 9.25. The number of aliphatic hydroxyl groups is 1. The zero-order valence-corrected chi connectivity index (χ0v) is 16.3. The monoisotopic (exact) mass is 383 g/mol. The average molecular weight is 383 g/mol. The van der Waals surface area contributed by atoms with Crippen molar-refractivity contribution in [3.63, 3.8) is 0 Å². The molecular formula is C22H25NO5. The number of benzene rings is 2. The van der Waals surface area contributed by atoms with E-state index >= 15 is 0 Å². The minimum absolute atomic E-state index is 0.0766. The fraction of sp³-hybridized carbons (Fsp3) is 0.364. The number of nitrogens with one attached hydrogen (secondary N) is 1. The Morgan fingerprint density at radius 2 is 1.57 bits per heavy atom. The van der Waals surface area contributed by atoms with Crippen molar-refractivity contribution >= 4 is 12.1 Å². The quantitative estimate of drug-likeness (QED) is 0.775. The van der Waals surface area contributed by atoms with Crippen LogP contribution in [0, 0.1) is 0 Å². The molecule has 6 nitrogen and oxygen atoms in total. The van der Waals surface area contributed by atoms with Gasteiger partial charge in [0.05, 0.1) is 6.61 Å². The van der Waals surface area contributed by atoms with Gasteiger partial charge in [0.25, 0.3) is 0 Å². The summed E-state index contributed by atoms with van der Waals surface area (Å²) in [6.45, 7) is 4.71. The summed E-state index contributed by atoms with van der Waals surface area (Å²) >= 11 is 0. The predicted octanol–water partition coefficient (Wildman–Crippen LogP) is 3.23. The lowest BCUT2D eigenvalue weighted by atomic mass is 9.98. The fourth-order valence-corrected chi connectivity index (χ4v) is 3.33. The van der Waals surface area contributed by atoms with E-state index in [2.05, 4.69) is 17.4 Å². The summed E-state index contributed by atoms with van der Waals surface area (Å²) in [6, 6.07) is 14.9. The molecule has 1 amide bonds. The lowest BCUT2D eigenvalue weighted by molar-refractivity contribution is -0.158. The molecule has 2 aromatic rings. The fourth-order valence-electron chi connectivity index (χ4n) is 3.33. The molecule has 148 valence electrons. The minimum atomic E-state index is -1.17. The summed E-state index contributed by atoms with van der Waals surface area (Å²) in [5.74, 6) is -0.782. The number of hydrogen-bond donors (Lipinski definition) is 2. The van der Waals surface area contributed by atoms with E-state index in [1.54, 1.807) is 20.8 Å². The molecule has 0 saturated carbocycles. The molecule has 0 radical (unpaired) electrons. The molecule has 1 unspecified atom stereocenters. The molecule has 0 fully saturated rings. The normalized spacial score (nSPS) is 14.0. The molecule has 1 atom stereocenters. The van der Waals surface area contributed by atoms with Gasteiger partial charge in [-0.3, -0.25) is 0 Å². The van der Waals surface area contributed by atoms with Crippen molar-refractivity contribution < 1.29 is 24.2 Å². The van der Waals surface area contributed by atoms with Gasteiger partial charge >= 0.3 is 12.1 Å². The van der Waals surface area contributed by atoms with Crippen molar-refractivity contribution in [2.24, 2.45) is 0 Å². The van der Waals surface area contributed by atoms with Crippen LogP contribution in [0.3, 0.4) is 0 Å². The third-order valence-electron chi connectivity index (χ3n) is 4.51. The van der Waals surface area contributed by atoms with Crippen molar-refractivity contribution in [2.75, 3.05) is 13.2 Å². The molecule has 1 aliphatic rings. The van der Waals surface area contributed by atoms with E-state index in [0.717, 1.165) is 22.3 Å². The second-order valence-corrected chi connectivity index (χ2v) is 7.74. The van der Waals surface area contributed by atoms with Crippen LogP contribution in [0.5, 0.6) is 0 Å². The molecule has 28 heavy (non-hydrogen) atoms. The first kappa shape index (κ1) is 19.9. The Kier molecular flexibility index (Phi) is 5.70. The largest absolute Gasteiger partial charge is 0.458 e. The summed E-state index contributed by atoms with van der Waals surface area (Å²) < 4.78 is 10.6. The molecule has 6 heteroatoms. The zero-order chi connectivity index (χ0) is 20.3. The van der Waals surface area contributed by atoms with E-state index in [9.17, 15) is 14.7 Å². The Hall–Kier alpha value is -2.86. The SMILES string of the molecule is CC(C)(C)OC(=O)C(CO)NC(=O)OCC1c2ccccc2-c2ccccc21. The highest BCUT2D eigenvalue weighted by molar-refractivity contribution is 5.82. The highest BCUT2D eigenvalue weighted by Gasteiger charge is 2.30. The van der Waals surface area contributed by atoms with Crippen molar-refractivity contribution in [2.45, 2.75) is 38.3 Å². The van der Waals surface area contributed by atoms with E-state index in [1.165, 1.54) is 0 Å². The van der Waals surface area contributed by atoms with Gasteiger partial charge < -0.3 is 19.9 Å². The van der Waals surface area contributed by atoms with Crippen molar-refractivity contribution in [3.05, 3.63) is 59.7 Å². The highest BCUT2D eigenvalue weighted by Crippen LogP contribution is 2.44. The summed E-state index contributed by atoms with van der Waals surface area (Å²) in [4.78, 5) is 24.3. The molecular weight excluding hydrogens is 358 g/mol. The average Bonchev–Trinajstić information content (AvgIpc) is 2.97. The molecule has 1 aliphatic carbocycles. The first-order chi connectivity index (χ1) is 13.3. The number of amides is 1. The van der Waals surface area contributed by atoms with Crippen LogP contribution in [0.15, 0.2) is 48.5 Å². The van der Waals surface area contributed by atoms with Gasteiger partial charge in [0.2, 0.25) is 0 Å². The molecule has 0 bridgehead atoms. The number of ether oxygens (including phenoxy) is 2. The number of carbonyl (C=O) groups excluding carboxylic acids is 2. The Morgan fingerprint density at radius 1 is 1.04 bits per heavy atom. The number of hydrogen-bond acceptors (Lipinski definition) is 5. The third-order valence-corrected chi connectivity index (χ3v) is 4.51. The van der Waals surface area contributed by atoms with Crippen LogP contribution in [-0.4, -0.2) is 42.0 Å². The maximum Gasteiger partial charge on any atom is 0.407 e. The Balaban J connectivity index is 1.65. The van der Waals surface area contributed by atoms with Crippen LogP contribution in [0.4, 0.5) is 4.79 Å². The van der Waals surface area contributed by atoms with Crippen LogP contribution in [0.25, 0.3) is 11.1 Å². The topological polar surface area (TPSA) is 84.9 Å². The van der Waals surface area contributed by atoms with Gasteiger partial charge in [-0.1, -0.05) is 48.5 Å². The van der Waals surface area contributed by atoms with Gasteiger partial charge in [0.1, 0.15) is 12.2 Å². The molecule has 0 spiro atoms. The van der Waals surface area contributed by atoms with Crippen molar-refractivity contribution in [3.8, 4) is 11.1 Å². The van der Waals surface area contributed by atoms with E-state index in [0.29, 0.717) is 0 Å². The summed E-state index contributed by atoms with van der Waals surface area (Å²) in [5.41, 5.74) is 3.75. The van der Waals surface area contributed by atoms with E-state index < -0.39 is 30.3 Å². The van der Waals surface area contributed by atoms with Crippen LogP contribution >= 0.6 is 0 Å². The summed E-state index contributed by atoms with van der Waals surface area (Å²) in [7, 11) is 0. The van der Waals surface area contributed by atoms with Crippen molar-refractivity contribution in [1.82, 2.24) is 5.32 Å². The summed E-state index contributed by atoms with van der Waals surface area (Å²) in [5, 5.41) is 11.8. The Morgan fingerprint density at radius 3 is 2.07 bits per heavy atom. The maximum atomic E-state index is 12.2. The van der Waals surface area contributed by atoms with E-state index in [1.807, 2.05) is 36.4 Å². The molecule has 0 aliphatic heterocycles. The number of aliphatic hydroxyl groups excluding tert-OH is 1. The molecule has 2 N–H and O–H groups in total. The van der Waals surface area contributed by atoms with Gasteiger partial charge in [-0.15, -0.1) is 0 Å². The molecule has 0 saturated heterocycles. The maximum absolute atomic E-state index is 12.2. The van der Waals surface area contributed by atoms with Crippen LogP contribution in [-0.2, 0) is 14.3 Å². The minimum Gasteiger partial charge on any atom is -0.458 e. The Labute approximate surface area is 164 Å². The van der Waals surface area contributed by atoms with Gasteiger partial charge in [0.15, 0.2) is 6.04 Å². The molecule has 0 heterocycles. The van der Waals surface area contributed by atoms with Gasteiger partial charge in [-0.05, 0) is 43.0 Å². The predicted molar refractivity (Wildman–Crippen MR) is 105 cm³/mol. The van der Waals surface area contributed by atoms with Gasteiger partial charge in [-0.2, -0.15) is 0 Å². The second kappa shape index (κ2) is 8.02. The van der Waals surface area contributed by atoms with Crippen LogP contribution in [0.1, 0.15) is 37.8 Å². The smallest absolute Gasteiger partial charge is 0.407 e. The zero-order valence-electron chi connectivity index (χ0n) is 16.3. The van der Waals surface area contributed by atoms with Crippen LogP contribution < -0.4 is 5.32 Å². The van der Waals surface area contributed by atoms with E-state index in [4.69, 9.17) is 9.47 Å². The molecule has 3 rings (SSSR count). The van der Waals surface area contributed by atoms with Crippen LogP contribution in [0.2, 0.25) is 0 Å². The number of carbonyl (C=O) groups is 2. The lowest BCUT2D eigenvalue weighted by Crippen LogP contribution is -2.46. The highest BCUT2D eigenvalue weighted by atomic mass is 16.6. The standard InChI is InChI=1S/C22H25NO5/c1-22(2,3)28-20(25)19(12-24)23-21(26)27-13-18-16-10-6-4-8-14(16)15-9-5-7-11-17(15)18/h4-11,18-19,24H,12-13H2,1-3H3,(H,23,26). The number of fused-ring (bicyclic) bond motifs is 3. The third kappa shape index (κ3) is 4.34. The Bertz CT molecular complexity index is 826. The molecule has 2 aromatic carbocycles. The second-order valence-electron chi connectivity index (χ2n) is 7.74. The van der Waals surface area contributed by atoms with Gasteiger partial charge in [0, 0.05) is 5.92 Å². The summed E-state index contributed by atoms with van der Waals surface area (Å²) in [6.07, 6.45) is -0.772. The van der Waals surface area contributed by atoms with Gasteiger partial charge in [-0.25, -0.2) is 9.59 Å². The number of rotatable bonds is 5. The first-order valence-corrected chi connectivity index (χ1v) is 9.25. The number of esters is 1. The van der Waals surface area contributed by atoms with Crippen molar-refractivity contribution in [1.29, 1.82) is 0 Å². The number of alkyl carbamates (subject to hydrolysis) is 1. The lowest BCUT2D eigenvalue weighted by Gasteiger charge is -2.23. The van der Waals surface area contributed by atoms with E-state index in [-0.39, 0.29) is 12.5 Å².